The summed E-state index contributed by atoms with van der Waals surface area (Å²) in [5, 5.41) is 0. The Labute approximate surface area is 153 Å². The first-order valence-corrected chi connectivity index (χ1v) is 9.68. The molecule has 1 saturated heterocycles. The minimum Gasteiger partial charge on any atom is -0.453 e. The molecule has 6 nitrogen and oxygen atoms in total. The second-order valence-corrected chi connectivity index (χ2v) is 8.76. The number of esters is 1. The highest BCUT2D eigenvalue weighted by Gasteiger charge is 2.73. The number of carbonyl (C=O) groups is 4. The van der Waals surface area contributed by atoms with Crippen LogP contribution in [0.25, 0.3) is 0 Å². The van der Waals surface area contributed by atoms with E-state index in [0.29, 0.717) is 25.7 Å². The molecule has 6 heteroatoms. The van der Waals surface area contributed by atoms with Crippen molar-refractivity contribution < 1.29 is 28.7 Å². The molecule has 0 radical (unpaired) electrons. The highest BCUT2D eigenvalue weighted by atomic mass is 16.6. The van der Waals surface area contributed by atoms with Crippen LogP contribution in [0.2, 0.25) is 0 Å². The molecular formula is C20H26O6. The third kappa shape index (κ3) is 2.27. The van der Waals surface area contributed by atoms with Gasteiger partial charge in [0.05, 0.1) is 5.41 Å². The van der Waals surface area contributed by atoms with Crippen LogP contribution in [0.1, 0.15) is 59.3 Å². The van der Waals surface area contributed by atoms with Crippen LogP contribution in [0.15, 0.2) is 0 Å². The summed E-state index contributed by atoms with van der Waals surface area (Å²) in [6, 6.07) is 0. The van der Waals surface area contributed by atoms with Crippen LogP contribution >= 0.6 is 0 Å². The van der Waals surface area contributed by atoms with Crippen LogP contribution in [0.4, 0.5) is 0 Å². The van der Waals surface area contributed by atoms with Gasteiger partial charge in [0.25, 0.3) is 0 Å². The maximum Gasteiger partial charge on any atom is 0.303 e. The number of fused-ring (bicyclic) bond motifs is 3. The Bertz CT molecular complexity index is 698. The SMILES string of the molecule is CCC(=O)C1(C)CCC2C(CCC23C(=O)C2OC2C(=O)C3OC(C)=O)C1. The maximum absolute atomic E-state index is 13.2. The third-order valence-corrected chi connectivity index (χ3v) is 7.37. The standard InChI is InChI=1S/C20H26O6/c1-4-13(22)19(3)7-6-12-11(9-19)5-8-20(12)17(24)16-15(26-16)14(23)18(20)25-10(2)21/h11-12,15-16,18H,4-9H2,1-3H3. The third-order valence-electron chi connectivity index (χ3n) is 7.37. The first-order chi connectivity index (χ1) is 12.2. The molecule has 4 aliphatic rings. The molecule has 0 N–H and O–H groups in total. The highest BCUT2D eigenvalue weighted by Crippen LogP contribution is 2.63. The Hall–Kier alpha value is -1.56. The van der Waals surface area contributed by atoms with Crippen molar-refractivity contribution in [2.24, 2.45) is 22.7 Å². The van der Waals surface area contributed by atoms with Crippen LogP contribution in [0.5, 0.6) is 0 Å². The molecule has 142 valence electrons. The van der Waals surface area contributed by atoms with Crippen LogP contribution in [0, 0.1) is 22.7 Å². The summed E-state index contributed by atoms with van der Waals surface area (Å²) in [6.45, 7) is 5.19. The Morgan fingerprint density at radius 1 is 1.19 bits per heavy atom. The van der Waals surface area contributed by atoms with Gasteiger partial charge in [-0.25, -0.2) is 0 Å². The first kappa shape index (κ1) is 17.8. The molecule has 1 heterocycles. The predicted octanol–water partition coefficient (Wildman–Crippen LogP) is 2.02. The number of hydrogen-bond acceptors (Lipinski definition) is 6. The average Bonchev–Trinajstić information content (AvgIpc) is 3.32. The summed E-state index contributed by atoms with van der Waals surface area (Å²) >= 11 is 0. The molecule has 7 unspecified atom stereocenters. The summed E-state index contributed by atoms with van der Waals surface area (Å²) < 4.78 is 10.8. The molecular weight excluding hydrogens is 336 g/mol. The van der Waals surface area contributed by atoms with Crippen molar-refractivity contribution in [3.63, 3.8) is 0 Å². The van der Waals surface area contributed by atoms with Crippen LogP contribution in [-0.4, -0.2) is 41.6 Å². The van der Waals surface area contributed by atoms with Gasteiger partial charge in [-0.2, -0.15) is 0 Å². The molecule has 3 saturated carbocycles. The topological polar surface area (TPSA) is 90.0 Å². The Morgan fingerprint density at radius 3 is 2.58 bits per heavy atom. The molecule has 3 aliphatic carbocycles. The van der Waals surface area contributed by atoms with E-state index in [9.17, 15) is 19.2 Å². The summed E-state index contributed by atoms with van der Waals surface area (Å²) in [5.41, 5.74) is -1.31. The van der Waals surface area contributed by atoms with Crippen molar-refractivity contribution >= 4 is 23.3 Å². The molecule has 4 fully saturated rings. The zero-order chi connectivity index (χ0) is 18.9. The van der Waals surface area contributed by atoms with Crippen molar-refractivity contribution in [3.8, 4) is 0 Å². The molecule has 0 aromatic carbocycles. The predicted molar refractivity (Wildman–Crippen MR) is 90.1 cm³/mol. The van der Waals surface area contributed by atoms with Gasteiger partial charge in [0.1, 0.15) is 5.78 Å². The Kier molecular flexibility index (Phi) is 3.92. The van der Waals surface area contributed by atoms with Gasteiger partial charge in [0.15, 0.2) is 24.1 Å². The van der Waals surface area contributed by atoms with Crippen molar-refractivity contribution in [2.45, 2.75) is 77.6 Å². The van der Waals surface area contributed by atoms with E-state index in [4.69, 9.17) is 9.47 Å². The quantitative estimate of drug-likeness (QED) is 0.564. The normalized spacial score (nSPS) is 46.7. The Balaban J connectivity index is 1.67. The van der Waals surface area contributed by atoms with Gasteiger partial charge < -0.3 is 9.47 Å². The van der Waals surface area contributed by atoms with Gasteiger partial charge in [0.2, 0.25) is 5.78 Å². The second kappa shape index (κ2) is 5.72. The summed E-state index contributed by atoms with van der Waals surface area (Å²) in [4.78, 5) is 50.0. The lowest BCUT2D eigenvalue weighted by Gasteiger charge is -2.47. The van der Waals surface area contributed by atoms with Crippen LogP contribution in [-0.2, 0) is 28.7 Å². The lowest BCUT2D eigenvalue weighted by Crippen LogP contribution is -2.59. The van der Waals surface area contributed by atoms with Gasteiger partial charge in [-0.15, -0.1) is 0 Å². The van der Waals surface area contributed by atoms with Gasteiger partial charge in [0, 0.05) is 18.8 Å². The molecule has 1 aliphatic heterocycles. The van der Waals surface area contributed by atoms with Crippen LogP contribution < -0.4 is 0 Å². The van der Waals surface area contributed by atoms with E-state index in [1.807, 2.05) is 13.8 Å². The number of hydrogen-bond donors (Lipinski definition) is 0. The monoisotopic (exact) mass is 362 g/mol. The summed E-state index contributed by atoms with van der Waals surface area (Å²) in [5.74, 6) is -0.416. The number of ketones is 3. The van der Waals surface area contributed by atoms with E-state index in [2.05, 4.69) is 0 Å². The largest absolute Gasteiger partial charge is 0.453 e. The van der Waals surface area contributed by atoms with Crippen LogP contribution in [0.3, 0.4) is 0 Å². The van der Waals surface area contributed by atoms with Gasteiger partial charge >= 0.3 is 5.97 Å². The van der Waals surface area contributed by atoms with Gasteiger partial charge in [-0.3, -0.25) is 19.2 Å². The minimum atomic E-state index is -1.03. The molecule has 4 rings (SSSR count). The van der Waals surface area contributed by atoms with E-state index in [1.165, 1.54) is 6.92 Å². The first-order valence-electron chi connectivity index (χ1n) is 9.68. The van der Waals surface area contributed by atoms with E-state index in [0.717, 1.165) is 12.8 Å². The van der Waals surface area contributed by atoms with Gasteiger partial charge in [-0.1, -0.05) is 13.8 Å². The maximum atomic E-state index is 13.2. The Morgan fingerprint density at radius 2 is 1.92 bits per heavy atom. The number of carbonyl (C=O) groups excluding carboxylic acids is 4. The molecule has 0 amide bonds. The lowest BCUT2D eigenvalue weighted by molar-refractivity contribution is -0.172. The van der Waals surface area contributed by atoms with Crippen molar-refractivity contribution in [1.29, 1.82) is 0 Å². The lowest BCUT2D eigenvalue weighted by atomic mass is 9.56. The van der Waals surface area contributed by atoms with E-state index in [-0.39, 0.29) is 34.6 Å². The molecule has 0 aromatic heterocycles. The van der Waals surface area contributed by atoms with Gasteiger partial charge in [-0.05, 0) is 43.9 Å². The molecule has 7 atom stereocenters. The number of rotatable bonds is 3. The van der Waals surface area contributed by atoms with Crippen molar-refractivity contribution in [3.05, 3.63) is 0 Å². The van der Waals surface area contributed by atoms with E-state index in [1.54, 1.807) is 0 Å². The van der Waals surface area contributed by atoms with E-state index < -0.39 is 29.7 Å². The second-order valence-electron chi connectivity index (χ2n) is 8.76. The molecule has 1 spiro atoms. The number of epoxide rings is 1. The van der Waals surface area contributed by atoms with Crippen molar-refractivity contribution in [1.82, 2.24) is 0 Å². The fourth-order valence-corrected chi connectivity index (χ4v) is 6.09. The average molecular weight is 362 g/mol. The smallest absolute Gasteiger partial charge is 0.303 e. The molecule has 26 heavy (non-hydrogen) atoms. The fraction of sp³-hybridized carbons (Fsp3) is 0.800. The minimum absolute atomic E-state index is 0.0221. The zero-order valence-corrected chi connectivity index (χ0v) is 15.6. The fourth-order valence-electron chi connectivity index (χ4n) is 6.09. The highest BCUT2D eigenvalue weighted by molar-refractivity contribution is 6.10. The molecule has 0 aromatic rings. The zero-order valence-electron chi connectivity index (χ0n) is 15.6. The summed E-state index contributed by atoms with van der Waals surface area (Å²) in [7, 11) is 0. The summed E-state index contributed by atoms with van der Waals surface area (Å²) in [6.07, 6.45) is 1.59. The number of Topliss-reactive ketones (excluding diaryl/α,β-unsaturated/α-hetero) is 3. The van der Waals surface area contributed by atoms with Crippen molar-refractivity contribution in [2.75, 3.05) is 0 Å². The van der Waals surface area contributed by atoms with E-state index >= 15 is 0 Å². The number of ether oxygens (including phenoxy) is 2. The molecule has 0 bridgehead atoms.